The van der Waals surface area contributed by atoms with Gasteiger partial charge in [-0.15, -0.1) is 11.8 Å². The molecule has 3 aromatic carbocycles. The van der Waals surface area contributed by atoms with Crippen LogP contribution < -0.4 is 19.7 Å². The van der Waals surface area contributed by atoms with Crippen molar-refractivity contribution >= 4 is 51.8 Å². The average Bonchev–Trinajstić information content (AvgIpc) is 3.47. The summed E-state index contributed by atoms with van der Waals surface area (Å²) in [5.74, 6) is 0.264. The molecule has 0 aliphatic carbocycles. The van der Waals surface area contributed by atoms with Gasteiger partial charge in [0.1, 0.15) is 0 Å². The summed E-state index contributed by atoms with van der Waals surface area (Å²) in [5, 5.41) is 3.35. The van der Waals surface area contributed by atoms with E-state index in [0.29, 0.717) is 28.4 Å². The number of benzene rings is 3. The first-order chi connectivity index (χ1) is 17.5. The quantitative estimate of drug-likeness (QED) is 0.351. The molecule has 1 aromatic heterocycles. The van der Waals surface area contributed by atoms with Crippen molar-refractivity contribution in [2.24, 2.45) is 0 Å². The normalized spacial score (nSPS) is 15.4. The molecule has 1 aliphatic rings. The van der Waals surface area contributed by atoms with Crippen molar-refractivity contribution in [2.45, 2.75) is 16.6 Å². The average molecular weight is 502 g/mol. The van der Waals surface area contributed by atoms with E-state index in [1.54, 1.807) is 36.4 Å². The van der Waals surface area contributed by atoms with Crippen LogP contribution in [0.25, 0.3) is 10.9 Å². The molecule has 182 valence electrons. The van der Waals surface area contributed by atoms with Gasteiger partial charge in [-0.1, -0.05) is 6.07 Å². The van der Waals surface area contributed by atoms with E-state index < -0.39 is 5.25 Å². The molecule has 0 saturated carbocycles. The van der Waals surface area contributed by atoms with Crippen LogP contribution in [0.3, 0.4) is 0 Å². The van der Waals surface area contributed by atoms with Crippen LogP contribution >= 0.6 is 11.8 Å². The summed E-state index contributed by atoms with van der Waals surface area (Å²) >= 11 is 1.34. The first-order valence-electron chi connectivity index (χ1n) is 11.2. The lowest BCUT2D eigenvalue weighted by atomic mass is 10.2. The number of nitrogens with zero attached hydrogens (tertiary/aromatic N) is 1. The number of thioether (sulfide) groups is 1. The predicted octanol–water partition coefficient (Wildman–Crippen LogP) is 4.86. The zero-order valence-corrected chi connectivity index (χ0v) is 20.4. The SMILES string of the molecule is COc1ccc(C(=O)Nc2ccc(SC3CC(=O)N(c4ccc5cc[nH]c5c4)C3=O)cc2)cc1OC. The van der Waals surface area contributed by atoms with Gasteiger partial charge in [0.15, 0.2) is 11.5 Å². The van der Waals surface area contributed by atoms with Gasteiger partial charge in [-0.05, 0) is 66.0 Å². The number of aromatic amines is 1. The summed E-state index contributed by atoms with van der Waals surface area (Å²) in [6.07, 6.45) is 1.95. The smallest absolute Gasteiger partial charge is 0.255 e. The van der Waals surface area contributed by atoms with Crippen molar-refractivity contribution in [2.75, 3.05) is 24.4 Å². The second kappa shape index (κ2) is 9.79. The number of hydrogen-bond donors (Lipinski definition) is 2. The van der Waals surface area contributed by atoms with Gasteiger partial charge in [-0.3, -0.25) is 14.4 Å². The third-order valence-electron chi connectivity index (χ3n) is 5.94. The summed E-state index contributed by atoms with van der Waals surface area (Å²) in [6.45, 7) is 0. The zero-order chi connectivity index (χ0) is 25.2. The first-order valence-corrected chi connectivity index (χ1v) is 12.1. The van der Waals surface area contributed by atoms with Gasteiger partial charge < -0.3 is 19.8 Å². The maximum Gasteiger partial charge on any atom is 0.255 e. The molecule has 8 nitrogen and oxygen atoms in total. The van der Waals surface area contributed by atoms with Crippen LogP contribution in [0.2, 0.25) is 0 Å². The summed E-state index contributed by atoms with van der Waals surface area (Å²) < 4.78 is 10.5. The van der Waals surface area contributed by atoms with Crippen LogP contribution in [0.1, 0.15) is 16.8 Å². The van der Waals surface area contributed by atoms with E-state index in [1.165, 1.54) is 30.9 Å². The first kappa shape index (κ1) is 23.5. The Morgan fingerprint density at radius 3 is 2.50 bits per heavy atom. The number of anilines is 2. The fourth-order valence-electron chi connectivity index (χ4n) is 4.10. The number of carbonyl (C=O) groups is 3. The number of ether oxygens (including phenoxy) is 2. The zero-order valence-electron chi connectivity index (χ0n) is 19.6. The number of fused-ring (bicyclic) bond motifs is 1. The van der Waals surface area contributed by atoms with E-state index in [2.05, 4.69) is 10.3 Å². The molecule has 2 N–H and O–H groups in total. The second-order valence-electron chi connectivity index (χ2n) is 8.18. The van der Waals surface area contributed by atoms with Gasteiger partial charge >= 0.3 is 0 Å². The fourth-order valence-corrected chi connectivity index (χ4v) is 5.16. The van der Waals surface area contributed by atoms with Gasteiger partial charge in [0.2, 0.25) is 11.8 Å². The number of rotatable bonds is 7. The van der Waals surface area contributed by atoms with Gasteiger partial charge in [-0.25, -0.2) is 4.90 Å². The highest BCUT2D eigenvalue weighted by Crippen LogP contribution is 2.35. The third kappa shape index (κ3) is 4.52. The molecule has 1 aliphatic heterocycles. The molecule has 1 fully saturated rings. The summed E-state index contributed by atoms with van der Waals surface area (Å²) in [5.41, 5.74) is 2.47. The largest absolute Gasteiger partial charge is 0.493 e. The molecule has 1 unspecified atom stereocenters. The summed E-state index contributed by atoms with van der Waals surface area (Å²) in [4.78, 5) is 43.6. The minimum atomic E-state index is -0.510. The molecule has 5 rings (SSSR count). The number of imide groups is 1. The minimum Gasteiger partial charge on any atom is -0.493 e. The Hall–Kier alpha value is -4.24. The maximum absolute atomic E-state index is 13.1. The Kier molecular flexibility index (Phi) is 6.39. The van der Waals surface area contributed by atoms with Crippen molar-refractivity contribution in [3.05, 3.63) is 78.5 Å². The lowest BCUT2D eigenvalue weighted by molar-refractivity contribution is -0.121. The number of H-pyrrole nitrogens is 1. The molecular weight excluding hydrogens is 478 g/mol. The number of methoxy groups -OCH3 is 2. The van der Waals surface area contributed by atoms with Crippen LogP contribution in [0.4, 0.5) is 11.4 Å². The standard InChI is InChI=1S/C27H23N3O5S/c1-34-22-10-4-17(13-23(22)35-2)26(32)29-18-5-8-20(9-6-18)36-24-15-25(31)30(27(24)33)19-7-3-16-11-12-28-21(16)14-19/h3-14,24,28H,15H2,1-2H3,(H,29,32). The highest BCUT2D eigenvalue weighted by atomic mass is 32.2. The van der Waals surface area contributed by atoms with E-state index in [-0.39, 0.29) is 24.1 Å². The molecule has 9 heteroatoms. The maximum atomic E-state index is 13.1. The Labute approximate surface area is 211 Å². The highest BCUT2D eigenvalue weighted by molar-refractivity contribution is 8.00. The van der Waals surface area contributed by atoms with Gasteiger partial charge in [0, 0.05) is 34.3 Å². The molecular formula is C27H23N3O5S. The van der Waals surface area contributed by atoms with Crippen molar-refractivity contribution in [3.63, 3.8) is 0 Å². The van der Waals surface area contributed by atoms with E-state index in [9.17, 15) is 14.4 Å². The van der Waals surface area contributed by atoms with Crippen LogP contribution in [-0.2, 0) is 9.59 Å². The topological polar surface area (TPSA) is 101 Å². The van der Waals surface area contributed by atoms with E-state index in [0.717, 1.165) is 15.8 Å². The van der Waals surface area contributed by atoms with Crippen LogP contribution in [-0.4, -0.2) is 42.2 Å². The van der Waals surface area contributed by atoms with Crippen LogP contribution in [0, 0.1) is 0 Å². The summed E-state index contributed by atoms with van der Waals surface area (Å²) in [7, 11) is 3.05. The van der Waals surface area contributed by atoms with Gasteiger partial charge in [0.25, 0.3) is 5.91 Å². The molecule has 0 radical (unpaired) electrons. The highest BCUT2D eigenvalue weighted by Gasteiger charge is 2.40. The fraction of sp³-hybridized carbons (Fsp3) is 0.148. The molecule has 0 bridgehead atoms. The number of amides is 3. The molecule has 0 spiro atoms. The number of nitrogens with one attached hydrogen (secondary N) is 2. The van der Waals surface area contributed by atoms with Crippen molar-refractivity contribution in [3.8, 4) is 11.5 Å². The Morgan fingerprint density at radius 2 is 1.75 bits per heavy atom. The number of hydrogen-bond acceptors (Lipinski definition) is 6. The van der Waals surface area contributed by atoms with Gasteiger partial charge in [-0.2, -0.15) is 0 Å². The van der Waals surface area contributed by atoms with E-state index in [4.69, 9.17) is 9.47 Å². The molecule has 4 aromatic rings. The Morgan fingerprint density at radius 1 is 0.972 bits per heavy atom. The van der Waals surface area contributed by atoms with Crippen LogP contribution in [0.5, 0.6) is 11.5 Å². The number of aromatic nitrogens is 1. The van der Waals surface area contributed by atoms with Crippen molar-refractivity contribution in [1.29, 1.82) is 0 Å². The molecule has 1 atom stereocenters. The Bertz CT molecular complexity index is 1460. The molecule has 36 heavy (non-hydrogen) atoms. The van der Waals surface area contributed by atoms with E-state index >= 15 is 0 Å². The molecule has 2 heterocycles. The van der Waals surface area contributed by atoms with Gasteiger partial charge in [0.05, 0.1) is 25.2 Å². The Balaban J connectivity index is 1.24. The molecule has 3 amide bonds. The lowest BCUT2D eigenvalue weighted by Crippen LogP contribution is -2.31. The molecule has 1 saturated heterocycles. The lowest BCUT2D eigenvalue weighted by Gasteiger charge is -2.15. The van der Waals surface area contributed by atoms with Crippen LogP contribution in [0.15, 0.2) is 77.8 Å². The van der Waals surface area contributed by atoms with Crippen molar-refractivity contribution in [1.82, 2.24) is 4.98 Å². The number of carbonyl (C=O) groups excluding carboxylic acids is 3. The predicted molar refractivity (Wildman–Crippen MR) is 139 cm³/mol. The minimum absolute atomic E-state index is 0.129. The second-order valence-corrected chi connectivity index (χ2v) is 9.45. The van der Waals surface area contributed by atoms with E-state index in [1.807, 2.05) is 36.5 Å². The monoisotopic (exact) mass is 501 g/mol. The van der Waals surface area contributed by atoms with Crippen molar-refractivity contribution < 1.29 is 23.9 Å². The summed E-state index contributed by atoms with van der Waals surface area (Å²) in [6, 6.07) is 19.5. The third-order valence-corrected chi connectivity index (χ3v) is 7.14.